The lowest BCUT2D eigenvalue weighted by Crippen LogP contribution is -2.44. The number of nitrogens with one attached hydrogen (secondary N) is 1. The monoisotopic (exact) mass is 307 g/mol. The van der Waals surface area contributed by atoms with Gasteiger partial charge in [0, 0.05) is 32.4 Å². The predicted molar refractivity (Wildman–Crippen MR) is 87.8 cm³/mol. The molecule has 5 heteroatoms. The van der Waals surface area contributed by atoms with Gasteiger partial charge in [0.15, 0.2) is 0 Å². The van der Waals surface area contributed by atoms with Crippen LogP contribution in [0, 0.1) is 12.8 Å². The molecule has 0 radical (unpaired) electrons. The van der Waals surface area contributed by atoms with Crippen LogP contribution in [0.3, 0.4) is 0 Å². The molecule has 1 fully saturated rings. The van der Waals surface area contributed by atoms with Gasteiger partial charge in [0.1, 0.15) is 0 Å². The summed E-state index contributed by atoms with van der Waals surface area (Å²) >= 11 is 0. The molecular formula is C17H29N3O2. The molecule has 124 valence electrons. The maximum Gasteiger partial charge on any atom is 0.0791 e. The molecule has 1 aromatic heterocycles. The smallest absolute Gasteiger partial charge is 0.0791 e. The molecule has 2 N–H and O–H groups in total. The van der Waals surface area contributed by atoms with Gasteiger partial charge in [-0.1, -0.05) is 19.9 Å². The van der Waals surface area contributed by atoms with Crippen molar-refractivity contribution in [2.45, 2.75) is 32.9 Å². The summed E-state index contributed by atoms with van der Waals surface area (Å²) in [4.78, 5) is 6.78. The Hall–Kier alpha value is -1.01. The quantitative estimate of drug-likeness (QED) is 0.797. The zero-order valence-corrected chi connectivity index (χ0v) is 14.0. The minimum absolute atomic E-state index is 0.167. The number of hydrogen-bond donors (Lipinski definition) is 2. The van der Waals surface area contributed by atoms with E-state index in [0.29, 0.717) is 19.0 Å². The van der Waals surface area contributed by atoms with E-state index in [9.17, 15) is 5.11 Å². The van der Waals surface area contributed by atoms with E-state index in [1.54, 1.807) is 0 Å². The fraction of sp³-hybridized carbons (Fsp3) is 0.706. The summed E-state index contributed by atoms with van der Waals surface area (Å²) in [6.45, 7) is 11.1. The topological polar surface area (TPSA) is 57.6 Å². The Bertz CT molecular complexity index is 447. The standard InChI is InChI=1S/C17H29N3O2/c1-13(2)16(17-14(3)5-4-6-18-17)19-11-15(21)12-20-7-9-22-10-8-20/h4-6,13,15-16,19,21H,7-12H2,1-3H3. The van der Waals surface area contributed by atoms with E-state index < -0.39 is 0 Å². The Morgan fingerprint density at radius 2 is 2.09 bits per heavy atom. The molecule has 0 aromatic carbocycles. The fourth-order valence-corrected chi connectivity index (χ4v) is 2.88. The molecule has 0 bridgehead atoms. The highest BCUT2D eigenvalue weighted by Gasteiger charge is 2.21. The first-order chi connectivity index (χ1) is 10.6. The van der Waals surface area contributed by atoms with Crippen molar-refractivity contribution in [1.29, 1.82) is 0 Å². The summed E-state index contributed by atoms with van der Waals surface area (Å²) in [5.74, 6) is 0.421. The van der Waals surface area contributed by atoms with Crippen molar-refractivity contribution in [3.05, 3.63) is 29.6 Å². The largest absolute Gasteiger partial charge is 0.390 e. The molecule has 1 aliphatic heterocycles. The zero-order chi connectivity index (χ0) is 15.9. The summed E-state index contributed by atoms with van der Waals surface area (Å²) in [5.41, 5.74) is 2.27. The fourth-order valence-electron chi connectivity index (χ4n) is 2.88. The number of aromatic nitrogens is 1. The van der Waals surface area contributed by atoms with E-state index in [1.807, 2.05) is 12.3 Å². The number of rotatable bonds is 7. The number of aliphatic hydroxyl groups is 1. The second kappa shape index (κ2) is 8.58. The third-order valence-electron chi connectivity index (χ3n) is 4.16. The van der Waals surface area contributed by atoms with Gasteiger partial charge in [0.25, 0.3) is 0 Å². The Kier molecular flexibility index (Phi) is 6.76. The molecule has 0 spiro atoms. The number of pyridine rings is 1. The van der Waals surface area contributed by atoms with Crippen LogP contribution >= 0.6 is 0 Å². The van der Waals surface area contributed by atoms with Crippen LogP contribution in [0.15, 0.2) is 18.3 Å². The van der Waals surface area contributed by atoms with E-state index in [2.05, 4.69) is 42.0 Å². The Morgan fingerprint density at radius 1 is 1.36 bits per heavy atom. The summed E-state index contributed by atoms with van der Waals surface area (Å²) in [7, 11) is 0. The highest BCUT2D eigenvalue weighted by molar-refractivity contribution is 5.21. The van der Waals surface area contributed by atoms with Gasteiger partial charge >= 0.3 is 0 Å². The second-order valence-corrected chi connectivity index (χ2v) is 6.40. The number of ether oxygens (including phenoxy) is 1. The molecule has 2 heterocycles. The normalized spacial score (nSPS) is 19.3. The van der Waals surface area contributed by atoms with Gasteiger partial charge in [0.05, 0.1) is 31.1 Å². The van der Waals surface area contributed by atoms with Crippen LogP contribution in [-0.4, -0.2) is 60.5 Å². The van der Waals surface area contributed by atoms with Gasteiger partial charge in [-0.25, -0.2) is 0 Å². The SMILES string of the molecule is Cc1cccnc1C(NCC(O)CN1CCOCC1)C(C)C. The van der Waals surface area contributed by atoms with Crippen LogP contribution in [0.1, 0.15) is 31.1 Å². The van der Waals surface area contributed by atoms with Crippen LogP contribution in [-0.2, 0) is 4.74 Å². The number of aryl methyl sites for hydroxylation is 1. The molecule has 1 saturated heterocycles. The third kappa shape index (κ3) is 5.02. The first kappa shape index (κ1) is 17.3. The lowest BCUT2D eigenvalue weighted by atomic mass is 9.97. The molecule has 22 heavy (non-hydrogen) atoms. The van der Waals surface area contributed by atoms with E-state index in [-0.39, 0.29) is 12.1 Å². The van der Waals surface area contributed by atoms with Crippen LogP contribution < -0.4 is 5.32 Å². The van der Waals surface area contributed by atoms with Crippen LogP contribution in [0.2, 0.25) is 0 Å². The predicted octanol–water partition coefficient (Wildman–Crippen LogP) is 1.37. The van der Waals surface area contributed by atoms with Gasteiger partial charge in [-0.15, -0.1) is 0 Å². The molecule has 0 aliphatic carbocycles. The number of aliphatic hydroxyl groups excluding tert-OH is 1. The molecule has 2 atom stereocenters. The molecule has 0 saturated carbocycles. The number of morpholine rings is 1. The summed E-state index contributed by atoms with van der Waals surface area (Å²) in [6, 6.07) is 4.22. The van der Waals surface area contributed by atoms with E-state index in [0.717, 1.165) is 32.0 Å². The summed E-state index contributed by atoms with van der Waals surface area (Å²) < 4.78 is 5.33. The van der Waals surface area contributed by atoms with Crippen LogP contribution in [0.4, 0.5) is 0 Å². The van der Waals surface area contributed by atoms with Crippen molar-refractivity contribution >= 4 is 0 Å². The highest BCUT2D eigenvalue weighted by Crippen LogP contribution is 2.22. The van der Waals surface area contributed by atoms with Crippen molar-refractivity contribution in [2.24, 2.45) is 5.92 Å². The number of nitrogens with zero attached hydrogens (tertiary/aromatic N) is 2. The lowest BCUT2D eigenvalue weighted by Gasteiger charge is -2.30. The van der Waals surface area contributed by atoms with Crippen molar-refractivity contribution in [2.75, 3.05) is 39.4 Å². The summed E-state index contributed by atoms with van der Waals surface area (Å²) in [5, 5.41) is 13.8. The van der Waals surface area contributed by atoms with Gasteiger partial charge in [0.2, 0.25) is 0 Å². The van der Waals surface area contributed by atoms with Crippen molar-refractivity contribution in [3.63, 3.8) is 0 Å². The minimum Gasteiger partial charge on any atom is -0.390 e. The molecule has 2 rings (SSSR count). The zero-order valence-electron chi connectivity index (χ0n) is 14.0. The van der Waals surface area contributed by atoms with Crippen LogP contribution in [0.5, 0.6) is 0 Å². The maximum atomic E-state index is 10.3. The van der Waals surface area contributed by atoms with Crippen LogP contribution in [0.25, 0.3) is 0 Å². The lowest BCUT2D eigenvalue weighted by molar-refractivity contribution is 0.0142. The average molecular weight is 307 g/mol. The van der Waals surface area contributed by atoms with E-state index in [4.69, 9.17) is 4.74 Å². The molecule has 1 aromatic rings. The maximum absolute atomic E-state index is 10.3. The third-order valence-corrected chi connectivity index (χ3v) is 4.16. The Balaban J connectivity index is 1.87. The average Bonchev–Trinajstić information content (AvgIpc) is 2.50. The Labute approximate surface area is 133 Å². The molecule has 2 unspecified atom stereocenters. The van der Waals surface area contributed by atoms with Crippen molar-refractivity contribution < 1.29 is 9.84 Å². The van der Waals surface area contributed by atoms with Gasteiger partial charge in [-0.05, 0) is 24.5 Å². The molecule has 0 amide bonds. The van der Waals surface area contributed by atoms with Gasteiger partial charge < -0.3 is 15.2 Å². The molecule has 5 nitrogen and oxygen atoms in total. The number of hydrogen-bond acceptors (Lipinski definition) is 5. The highest BCUT2D eigenvalue weighted by atomic mass is 16.5. The minimum atomic E-state index is -0.372. The molecular weight excluding hydrogens is 278 g/mol. The van der Waals surface area contributed by atoms with Crippen molar-refractivity contribution in [3.8, 4) is 0 Å². The number of β-amino-alcohol motifs (C(OH)–C–C–N with tert-alkyl or cyclic N) is 1. The first-order valence-corrected chi connectivity index (χ1v) is 8.21. The molecule has 1 aliphatic rings. The van der Waals surface area contributed by atoms with Gasteiger partial charge in [-0.2, -0.15) is 0 Å². The van der Waals surface area contributed by atoms with Gasteiger partial charge in [-0.3, -0.25) is 9.88 Å². The Morgan fingerprint density at radius 3 is 2.73 bits per heavy atom. The first-order valence-electron chi connectivity index (χ1n) is 8.21. The van der Waals surface area contributed by atoms with E-state index in [1.165, 1.54) is 5.56 Å². The van der Waals surface area contributed by atoms with E-state index >= 15 is 0 Å². The summed E-state index contributed by atoms with van der Waals surface area (Å²) in [6.07, 6.45) is 1.46. The van der Waals surface area contributed by atoms with Crippen molar-refractivity contribution in [1.82, 2.24) is 15.2 Å². The second-order valence-electron chi connectivity index (χ2n) is 6.40.